The van der Waals surface area contributed by atoms with E-state index in [1.165, 1.54) is 0 Å². The Morgan fingerprint density at radius 2 is 2.11 bits per heavy atom. The highest BCUT2D eigenvalue weighted by Gasteiger charge is 2.08. The van der Waals surface area contributed by atoms with Crippen LogP contribution < -0.4 is 4.74 Å². The maximum absolute atomic E-state index is 6.14. The minimum absolute atomic E-state index is 0.607. The van der Waals surface area contributed by atoms with E-state index in [-0.39, 0.29) is 0 Å². The average Bonchev–Trinajstić information content (AvgIpc) is 2.84. The van der Waals surface area contributed by atoms with Crippen LogP contribution in [-0.2, 0) is 0 Å². The summed E-state index contributed by atoms with van der Waals surface area (Å²) in [6.45, 7) is 0. The number of nitrogens with zero attached hydrogens (tertiary/aromatic N) is 2. The molecule has 0 atom stereocenters. The van der Waals surface area contributed by atoms with E-state index in [2.05, 4.69) is 9.97 Å². The maximum atomic E-state index is 6.14. The van der Waals surface area contributed by atoms with E-state index in [1.54, 1.807) is 36.9 Å². The molecule has 0 N–H and O–H groups in total. The van der Waals surface area contributed by atoms with Crippen molar-refractivity contribution < 1.29 is 4.74 Å². The lowest BCUT2D eigenvalue weighted by atomic mass is 10.2. The molecule has 3 nitrogen and oxygen atoms in total. The van der Waals surface area contributed by atoms with Crippen molar-refractivity contribution in [3.05, 3.63) is 41.7 Å². The number of aromatic nitrogens is 2. The van der Waals surface area contributed by atoms with Crippen molar-refractivity contribution in [1.29, 1.82) is 0 Å². The Hall–Kier alpha value is -1.65. The summed E-state index contributed by atoms with van der Waals surface area (Å²) in [7, 11) is 1.60. The molecule has 0 fully saturated rings. The first kappa shape index (κ1) is 11.4. The van der Waals surface area contributed by atoms with Crippen molar-refractivity contribution in [3.63, 3.8) is 0 Å². The molecule has 0 saturated carbocycles. The molecule has 0 aliphatic heterocycles. The van der Waals surface area contributed by atoms with Crippen LogP contribution in [0.3, 0.4) is 0 Å². The van der Waals surface area contributed by atoms with Crippen LogP contribution in [0.25, 0.3) is 20.7 Å². The van der Waals surface area contributed by atoms with E-state index >= 15 is 0 Å². The SMILES string of the molecule is COc1ccc(-c2cc3nccc(Cl)c3s2)cn1. The number of hydrogen-bond acceptors (Lipinski definition) is 4. The molecule has 3 aromatic rings. The number of fused-ring (bicyclic) bond motifs is 1. The largest absolute Gasteiger partial charge is 0.481 e. The van der Waals surface area contributed by atoms with Gasteiger partial charge in [0.15, 0.2) is 0 Å². The summed E-state index contributed by atoms with van der Waals surface area (Å²) in [6, 6.07) is 7.64. The molecule has 0 aliphatic carbocycles. The first-order chi connectivity index (χ1) is 8.78. The first-order valence-corrected chi connectivity index (χ1v) is 6.52. The van der Waals surface area contributed by atoms with Crippen LogP contribution >= 0.6 is 22.9 Å². The van der Waals surface area contributed by atoms with Crippen molar-refractivity contribution in [3.8, 4) is 16.3 Å². The Labute approximate surface area is 113 Å². The highest BCUT2D eigenvalue weighted by molar-refractivity contribution is 7.22. The zero-order valence-electron chi connectivity index (χ0n) is 9.55. The molecule has 3 aromatic heterocycles. The van der Waals surface area contributed by atoms with Gasteiger partial charge in [0.1, 0.15) is 0 Å². The molecule has 0 aliphatic rings. The molecule has 0 aromatic carbocycles. The summed E-state index contributed by atoms with van der Waals surface area (Å²) >= 11 is 7.76. The van der Waals surface area contributed by atoms with Crippen molar-refractivity contribution in [2.75, 3.05) is 7.11 Å². The lowest BCUT2D eigenvalue weighted by molar-refractivity contribution is 0.398. The van der Waals surface area contributed by atoms with E-state index in [0.717, 1.165) is 25.7 Å². The van der Waals surface area contributed by atoms with Gasteiger partial charge in [-0.15, -0.1) is 11.3 Å². The normalized spacial score (nSPS) is 10.8. The lowest BCUT2D eigenvalue weighted by Gasteiger charge is -1.99. The van der Waals surface area contributed by atoms with Crippen LogP contribution in [0.15, 0.2) is 36.7 Å². The predicted octanol–water partition coefficient (Wildman–Crippen LogP) is 4.02. The zero-order chi connectivity index (χ0) is 12.5. The van der Waals surface area contributed by atoms with E-state index in [0.29, 0.717) is 5.88 Å². The molecule has 0 spiro atoms. The van der Waals surface area contributed by atoms with Gasteiger partial charge >= 0.3 is 0 Å². The molecule has 0 radical (unpaired) electrons. The van der Waals surface area contributed by atoms with Gasteiger partial charge in [-0.25, -0.2) is 4.98 Å². The topological polar surface area (TPSA) is 35.0 Å². The fraction of sp³-hybridized carbons (Fsp3) is 0.0769. The molecule has 90 valence electrons. The second-order valence-electron chi connectivity index (χ2n) is 3.71. The smallest absolute Gasteiger partial charge is 0.212 e. The second-order valence-corrected chi connectivity index (χ2v) is 5.17. The number of halogens is 1. The molecule has 0 bridgehead atoms. The van der Waals surface area contributed by atoms with Gasteiger partial charge in [0.25, 0.3) is 0 Å². The number of hydrogen-bond donors (Lipinski definition) is 0. The van der Waals surface area contributed by atoms with Gasteiger partial charge in [-0.05, 0) is 18.2 Å². The standard InChI is InChI=1S/C13H9ClN2OS/c1-17-12-3-2-8(7-16-12)11-6-10-13(18-11)9(14)4-5-15-10/h2-7H,1H3. The predicted molar refractivity (Wildman–Crippen MR) is 74.4 cm³/mol. The third-order valence-electron chi connectivity index (χ3n) is 2.59. The van der Waals surface area contributed by atoms with Gasteiger partial charge in [0.2, 0.25) is 5.88 Å². The van der Waals surface area contributed by atoms with Crippen molar-refractivity contribution in [2.24, 2.45) is 0 Å². The highest BCUT2D eigenvalue weighted by Crippen LogP contribution is 2.36. The van der Waals surface area contributed by atoms with Crippen molar-refractivity contribution in [2.45, 2.75) is 0 Å². The van der Waals surface area contributed by atoms with Crippen LogP contribution in [0.2, 0.25) is 5.02 Å². The van der Waals surface area contributed by atoms with Gasteiger partial charge in [-0.1, -0.05) is 11.6 Å². The van der Waals surface area contributed by atoms with Crippen LogP contribution in [0.1, 0.15) is 0 Å². The molecule has 0 amide bonds. The van der Waals surface area contributed by atoms with Crippen molar-refractivity contribution >= 4 is 33.2 Å². The highest BCUT2D eigenvalue weighted by atomic mass is 35.5. The lowest BCUT2D eigenvalue weighted by Crippen LogP contribution is -1.85. The second kappa shape index (κ2) is 4.55. The quantitative estimate of drug-likeness (QED) is 0.709. The number of pyridine rings is 2. The van der Waals surface area contributed by atoms with Gasteiger partial charge in [0, 0.05) is 28.9 Å². The Morgan fingerprint density at radius 3 is 2.78 bits per heavy atom. The maximum Gasteiger partial charge on any atom is 0.212 e. The van der Waals surface area contributed by atoms with E-state index < -0.39 is 0 Å². The zero-order valence-corrected chi connectivity index (χ0v) is 11.1. The third kappa shape index (κ3) is 1.94. The third-order valence-corrected chi connectivity index (χ3v) is 4.23. The molecule has 0 unspecified atom stereocenters. The Bertz CT molecular complexity index is 694. The van der Waals surface area contributed by atoms with Crippen LogP contribution in [-0.4, -0.2) is 17.1 Å². The average molecular weight is 277 g/mol. The number of thiophene rings is 1. The van der Waals surface area contributed by atoms with Gasteiger partial charge < -0.3 is 4.74 Å². The van der Waals surface area contributed by atoms with Gasteiger partial charge in [-0.3, -0.25) is 4.98 Å². The molecule has 3 rings (SSSR count). The van der Waals surface area contributed by atoms with Crippen LogP contribution in [0.4, 0.5) is 0 Å². The van der Waals surface area contributed by atoms with E-state index in [4.69, 9.17) is 16.3 Å². The summed E-state index contributed by atoms with van der Waals surface area (Å²) in [6.07, 6.45) is 3.50. The summed E-state index contributed by atoms with van der Waals surface area (Å²) in [5.74, 6) is 0.607. The van der Waals surface area contributed by atoms with Gasteiger partial charge in [0.05, 0.1) is 22.3 Å². The molecule has 3 heterocycles. The summed E-state index contributed by atoms with van der Waals surface area (Å²) in [4.78, 5) is 9.60. The Balaban J connectivity index is 2.10. The van der Waals surface area contributed by atoms with Crippen LogP contribution in [0.5, 0.6) is 5.88 Å². The minimum atomic E-state index is 0.607. The summed E-state index contributed by atoms with van der Waals surface area (Å²) < 4.78 is 6.05. The Morgan fingerprint density at radius 1 is 1.22 bits per heavy atom. The van der Waals surface area contributed by atoms with Crippen LogP contribution in [0, 0.1) is 0 Å². The summed E-state index contributed by atoms with van der Waals surface area (Å²) in [5, 5.41) is 0.734. The number of rotatable bonds is 2. The van der Waals surface area contributed by atoms with E-state index in [1.807, 2.05) is 18.2 Å². The monoisotopic (exact) mass is 276 g/mol. The van der Waals surface area contributed by atoms with Crippen molar-refractivity contribution in [1.82, 2.24) is 9.97 Å². The number of ether oxygens (including phenoxy) is 1. The molecular weight excluding hydrogens is 268 g/mol. The van der Waals surface area contributed by atoms with E-state index in [9.17, 15) is 0 Å². The van der Waals surface area contributed by atoms with Gasteiger partial charge in [-0.2, -0.15) is 0 Å². The fourth-order valence-corrected chi connectivity index (χ4v) is 2.98. The Kier molecular flexibility index (Phi) is 2.89. The molecule has 0 saturated heterocycles. The molecule has 18 heavy (non-hydrogen) atoms. The molecule has 5 heteroatoms. The first-order valence-electron chi connectivity index (χ1n) is 5.32. The minimum Gasteiger partial charge on any atom is -0.481 e. The number of methoxy groups -OCH3 is 1. The fourth-order valence-electron chi connectivity index (χ4n) is 1.70. The summed E-state index contributed by atoms with van der Waals surface area (Å²) in [5.41, 5.74) is 1.95. The molecular formula is C13H9ClN2OS.